The highest BCUT2D eigenvalue weighted by Crippen LogP contribution is 2.46. The van der Waals surface area contributed by atoms with Crippen LogP contribution < -0.4 is 0 Å². The van der Waals surface area contributed by atoms with E-state index in [4.69, 9.17) is 18.9 Å². The van der Waals surface area contributed by atoms with Crippen LogP contribution in [-0.2, 0) is 38.1 Å². The Balaban J connectivity index is 1.78. The summed E-state index contributed by atoms with van der Waals surface area (Å²) >= 11 is 0. The van der Waals surface area contributed by atoms with Crippen LogP contribution in [0.3, 0.4) is 0 Å². The number of carbonyl (C=O) groups is 4. The van der Waals surface area contributed by atoms with Gasteiger partial charge in [0.1, 0.15) is 11.2 Å². The first-order valence-electron chi connectivity index (χ1n) is 20.2. The Bertz CT molecular complexity index is 1900. The van der Waals surface area contributed by atoms with E-state index in [1.165, 1.54) is 0 Å². The lowest BCUT2D eigenvalue weighted by atomic mass is 9.73. The Morgan fingerprint density at radius 1 is 0.400 bits per heavy atom. The number of rotatable bonds is 21. The third-order valence-electron chi connectivity index (χ3n) is 11.0. The van der Waals surface area contributed by atoms with Crippen molar-refractivity contribution >= 4 is 46.2 Å². The molecule has 0 aliphatic rings. The van der Waals surface area contributed by atoms with Gasteiger partial charge < -0.3 is 18.9 Å². The van der Waals surface area contributed by atoms with Crippen LogP contribution in [0, 0.1) is 10.8 Å². The van der Waals surface area contributed by atoms with Gasteiger partial charge in [-0.25, -0.2) is 0 Å². The van der Waals surface area contributed by atoms with Crippen LogP contribution in [0.2, 0.25) is 0 Å². The fourth-order valence-corrected chi connectivity index (χ4v) is 6.87. The number of benzene rings is 4. The number of ether oxygens (including phenoxy) is 4. The molecule has 4 rings (SSSR count). The summed E-state index contributed by atoms with van der Waals surface area (Å²) in [6.07, 6.45) is -0.643. The van der Waals surface area contributed by atoms with Crippen LogP contribution in [0.25, 0.3) is 22.3 Å². The number of carbonyl (C=O) groups excluding carboxylic acids is 4. The molecule has 0 radical (unpaired) electrons. The molecule has 4 aromatic carbocycles. The van der Waals surface area contributed by atoms with E-state index in [0.717, 1.165) is 22.3 Å². The quantitative estimate of drug-likeness (QED) is 0.0465. The lowest BCUT2D eigenvalue weighted by Gasteiger charge is -2.44. The normalized spacial score (nSPS) is 11.8. The molecule has 0 unspecified atom stereocenters. The van der Waals surface area contributed by atoms with Crippen molar-refractivity contribution in [3.8, 4) is 0 Å². The molecule has 4 aromatic rings. The second kappa shape index (κ2) is 20.1. The molecular weight excluding hydrogens is 753 g/mol. The molecule has 0 spiro atoms. The molecule has 0 saturated carbocycles. The van der Waals surface area contributed by atoms with Gasteiger partial charge in [-0.2, -0.15) is 0 Å². The molecule has 0 heterocycles. The SMILES string of the molecule is C=C(CC(CC(=C)c1ccccc1)(C(=O)OCC)C(=O)OC(C)(C)C(C)(C)OC(=O)C(CC(=C)c1ccccc1)(CC(=C)c1ccccc1)C(=O)OCC)c1ccccc1. The second-order valence-corrected chi connectivity index (χ2v) is 16.0. The van der Waals surface area contributed by atoms with Gasteiger partial charge in [0.05, 0.1) is 13.2 Å². The third kappa shape index (κ3) is 10.9. The molecule has 0 aliphatic heterocycles. The van der Waals surface area contributed by atoms with Gasteiger partial charge in [-0.15, -0.1) is 0 Å². The van der Waals surface area contributed by atoms with Crippen LogP contribution in [0.4, 0.5) is 0 Å². The molecular formula is C52H58O8. The van der Waals surface area contributed by atoms with Crippen LogP contribution >= 0.6 is 0 Å². The van der Waals surface area contributed by atoms with Crippen LogP contribution in [0.5, 0.6) is 0 Å². The predicted octanol–water partition coefficient (Wildman–Crippen LogP) is 11.1. The monoisotopic (exact) mass is 810 g/mol. The zero-order valence-corrected chi connectivity index (χ0v) is 35.9. The molecule has 0 bridgehead atoms. The summed E-state index contributed by atoms with van der Waals surface area (Å²) < 4.78 is 24.0. The maximum atomic E-state index is 15.0. The van der Waals surface area contributed by atoms with Gasteiger partial charge in [0, 0.05) is 0 Å². The summed E-state index contributed by atoms with van der Waals surface area (Å²) in [7, 11) is 0. The average molecular weight is 811 g/mol. The molecule has 0 atom stereocenters. The van der Waals surface area contributed by atoms with E-state index in [2.05, 4.69) is 26.3 Å². The Hall–Kier alpha value is -6.28. The van der Waals surface area contributed by atoms with Gasteiger partial charge in [-0.1, -0.05) is 148 Å². The highest BCUT2D eigenvalue weighted by molar-refractivity contribution is 6.04. The standard InChI is InChI=1S/C52H58O8/c1-11-57-45(53)51(33-37(3)41-25-17-13-18-26-41,34-38(4)42-27-19-14-20-28-42)47(55)59-49(7,8)50(9,10)60-48(56)52(46(54)58-12-2,35-39(5)43-29-21-15-22-30-43)36-40(6)44-31-23-16-24-32-44/h13-32H,3-6,11-12,33-36H2,1-2,7-10H3. The van der Waals surface area contributed by atoms with Crippen molar-refractivity contribution in [3.05, 3.63) is 170 Å². The fourth-order valence-electron chi connectivity index (χ4n) is 6.87. The Kier molecular flexibility index (Phi) is 15.6. The Morgan fingerprint density at radius 3 is 0.817 bits per heavy atom. The molecule has 0 aromatic heterocycles. The minimum absolute atomic E-state index is 0.00548. The summed E-state index contributed by atoms with van der Waals surface area (Å²) in [4.78, 5) is 58.6. The summed E-state index contributed by atoms with van der Waals surface area (Å²) in [5.41, 5.74) is -2.24. The van der Waals surface area contributed by atoms with Crippen molar-refractivity contribution < 1.29 is 38.1 Å². The van der Waals surface area contributed by atoms with E-state index < -0.39 is 45.9 Å². The first-order chi connectivity index (χ1) is 28.4. The van der Waals surface area contributed by atoms with E-state index in [1.54, 1.807) is 41.5 Å². The van der Waals surface area contributed by atoms with Crippen LogP contribution in [0.15, 0.2) is 148 Å². The molecule has 0 amide bonds. The first-order valence-corrected chi connectivity index (χ1v) is 20.2. The van der Waals surface area contributed by atoms with Crippen LogP contribution in [-0.4, -0.2) is 48.3 Å². The Morgan fingerprint density at radius 2 is 0.617 bits per heavy atom. The van der Waals surface area contributed by atoms with Crippen molar-refractivity contribution in [2.24, 2.45) is 10.8 Å². The minimum Gasteiger partial charge on any atom is -0.465 e. The summed E-state index contributed by atoms with van der Waals surface area (Å²) in [6.45, 7) is 26.8. The Labute approximate surface area is 355 Å². The zero-order valence-electron chi connectivity index (χ0n) is 35.9. The van der Waals surface area contributed by atoms with Gasteiger partial charge in [0.25, 0.3) is 0 Å². The van der Waals surface area contributed by atoms with Gasteiger partial charge in [0.2, 0.25) is 0 Å². The predicted molar refractivity (Wildman–Crippen MR) is 239 cm³/mol. The molecule has 0 aliphatic carbocycles. The molecule has 0 N–H and O–H groups in total. The maximum Gasteiger partial charge on any atom is 0.324 e. The van der Waals surface area contributed by atoms with Gasteiger partial charge in [0.15, 0.2) is 10.8 Å². The van der Waals surface area contributed by atoms with Crippen molar-refractivity contribution in [1.82, 2.24) is 0 Å². The van der Waals surface area contributed by atoms with Gasteiger partial charge in [-0.05, 0) is 112 Å². The summed E-state index contributed by atoms with van der Waals surface area (Å²) in [5, 5.41) is 0. The maximum absolute atomic E-state index is 15.0. The van der Waals surface area contributed by atoms with E-state index in [0.29, 0.717) is 22.3 Å². The number of hydrogen-bond acceptors (Lipinski definition) is 8. The lowest BCUT2D eigenvalue weighted by Crippen LogP contribution is -2.56. The number of hydrogen-bond donors (Lipinski definition) is 0. The largest absolute Gasteiger partial charge is 0.465 e. The van der Waals surface area contributed by atoms with Gasteiger partial charge in [-0.3, -0.25) is 19.2 Å². The second-order valence-electron chi connectivity index (χ2n) is 16.0. The molecule has 0 fully saturated rings. The highest BCUT2D eigenvalue weighted by atomic mass is 16.6. The van der Waals surface area contributed by atoms with E-state index in [-0.39, 0.29) is 38.9 Å². The molecule has 8 nitrogen and oxygen atoms in total. The molecule has 8 heteroatoms. The summed E-state index contributed by atoms with van der Waals surface area (Å²) in [5.74, 6) is -3.46. The van der Waals surface area contributed by atoms with E-state index >= 15 is 9.59 Å². The lowest BCUT2D eigenvalue weighted by molar-refractivity contribution is -0.214. The van der Waals surface area contributed by atoms with E-state index in [9.17, 15) is 9.59 Å². The minimum atomic E-state index is -1.96. The van der Waals surface area contributed by atoms with Crippen molar-refractivity contribution in [2.45, 2.75) is 78.4 Å². The molecule has 0 saturated heterocycles. The van der Waals surface area contributed by atoms with Crippen molar-refractivity contribution in [3.63, 3.8) is 0 Å². The van der Waals surface area contributed by atoms with Crippen LogP contribution in [0.1, 0.15) is 89.5 Å². The van der Waals surface area contributed by atoms with Crippen molar-refractivity contribution in [1.29, 1.82) is 0 Å². The summed E-state index contributed by atoms with van der Waals surface area (Å²) in [6, 6.07) is 36.9. The third-order valence-corrected chi connectivity index (χ3v) is 11.0. The highest BCUT2D eigenvalue weighted by Gasteiger charge is 2.57. The van der Waals surface area contributed by atoms with E-state index in [1.807, 2.05) is 121 Å². The van der Waals surface area contributed by atoms with Gasteiger partial charge >= 0.3 is 23.9 Å². The number of allylic oxidation sites excluding steroid dienone is 4. The fraction of sp³-hybridized carbons (Fsp3) is 0.308. The number of esters is 4. The molecule has 314 valence electrons. The average Bonchev–Trinajstić information content (AvgIpc) is 3.23. The van der Waals surface area contributed by atoms with Crippen molar-refractivity contribution in [2.75, 3.05) is 13.2 Å². The zero-order chi connectivity index (χ0) is 44.1. The molecule has 60 heavy (non-hydrogen) atoms. The first kappa shape index (κ1) is 46.4. The topological polar surface area (TPSA) is 105 Å². The smallest absolute Gasteiger partial charge is 0.324 e.